The van der Waals surface area contributed by atoms with Crippen LogP contribution in [0.3, 0.4) is 0 Å². The summed E-state index contributed by atoms with van der Waals surface area (Å²) >= 11 is 1.27. The molecule has 1 atom stereocenters. The zero-order chi connectivity index (χ0) is 24.4. The number of nitrogens with one attached hydrogen (secondary N) is 2. The van der Waals surface area contributed by atoms with Crippen molar-refractivity contribution < 1.29 is 9.18 Å². The normalized spacial score (nSPS) is 15.3. The average molecular weight is 491 g/mol. The van der Waals surface area contributed by atoms with Gasteiger partial charge < -0.3 is 10.2 Å². The van der Waals surface area contributed by atoms with E-state index < -0.39 is 0 Å². The molecule has 0 bridgehead atoms. The van der Waals surface area contributed by atoms with Gasteiger partial charge in [-0.25, -0.2) is 9.37 Å². The number of fused-ring (bicyclic) bond motifs is 1. The summed E-state index contributed by atoms with van der Waals surface area (Å²) in [6, 6.07) is 16.7. The lowest BCUT2D eigenvalue weighted by atomic mass is 9.95. The molecule has 2 aromatic heterocycles. The highest BCUT2D eigenvalue weighted by Gasteiger charge is 2.27. The van der Waals surface area contributed by atoms with Crippen molar-refractivity contribution in [2.45, 2.75) is 25.7 Å². The quantitative estimate of drug-likeness (QED) is 0.402. The predicted molar refractivity (Wildman–Crippen MR) is 138 cm³/mol. The molecule has 180 valence electrons. The number of carbonyl (C=O) groups is 1. The smallest absolute Gasteiger partial charge is 0.270 e. The summed E-state index contributed by atoms with van der Waals surface area (Å²) in [7, 11) is 0. The first-order valence-corrected chi connectivity index (χ1v) is 12.7. The number of anilines is 1. The Bertz CT molecular complexity index is 1390. The summed E-state index contributed by atoms with van der Waals surface area (Å²) < 4.78 is 14.9. The van der Waals surface area contributed by atoms with E-state index in [-0.39, 0.29) is 29.1 Å². The number of hydrogen-bond acceptors (Lipinski definition) is 5. The predicted octanol–water partition coefficient (Wildman–Crippen LogP) is 4.93. The summed E-state index contributed by atoms with van der Waals surface area (Å²) in [6.07, 6.45) is 1.36. The molecule has 8 heteroatoms. The van der Waals surface area contributed by atoms with E-state index in [0.717, 1.165) is 0 Å². The topological polar surface area (TPSA) is 78.1 Å². The molecular weight excluding hydrogens is 463 g/mol. The fourth-order valence-corrected chi connectivity index (χ4v) is 5.49. The Morgan fingerprint density at radius 3 is 2.60 bits per heavy atom. The lowest BCUT2D eigenvalue weighted by Crippen LogP contribution is -2.42. The summed E-state index contributed by atoms with van der Waals surface area (Å²) in [5.41, 5.74) is 2.54. The number of hydrogen-bond donors (Lipinski definition) is 2. The van der Waals surface area contributed by atoms with Crippen LogP contribution in [0.4, 0.5) is 10.3 Å². The number of aromatic nitrogens is 2. The number of piperidine rings is 1. The second-order valence-corrected chi connectivity index (χ2v) is 9.89. The van der Waals surface area contributed by atoms with Gasteiger partial charge in [-0.1, -0.05) is 55.5 Å². The second-order valence-electron chi connectivity index (χ2n) is 9.01. The van der Waals surface area contributed by atoms with Crippen molar-refractivity contribution in [2.75, 3.05) is 24.5 Å². The number of H-pyrrole nitrogens is 1. The Morgan fingerprint density at radius 1 is 1.14 bits per heavy atom. The highest BCUT2D eigenvalue weighted by Crippen LogP contribution is 2.33. The maximum Gasteiger partial charge on any atom is 0.270 e. The summed E-state index contributed by atoms with van der Waals surface area (Å²) in [5, 5.41) is 4.88. The van der Waals surface area contributed by atoms with E-state index in [0.29, 0.717) is 59.8 Å². The number of thiophene rings is 1. The number of aromatic amines is 1. The Labute approximate surface area is 206 Å². The molecular formula is C27H27FN4O2S. The third-order valence-corrected chi connectivity index (χ3v) is 7.66. The molecule has 1 saturated heterocycles. The Hall–Kier alpha value is -3.52. The minimum atomic E-state index is -0.343. The molecule has 2 aromatic carbocycles. The van der Waals surface area contributed by atoms with Gasteiger partial charge in [0.2, 0.25) is 11.9 Å². The standard InChI is InChI=1S/C27H27FN4O2S/c1-17(18-7-3-2-4-8-18)15-29-25(33)19-11-13-32(14-12-19)27-30-23-21(16-35-24(23)26(34)31-27)20-9-5-6-10-22(20)28/h2-10,16-17,19H,11-15H2,1H3,(H,29,33)(H,30,31,34). The summed E-state index contributed by atoms with van der Waals surface area (Å²) in [5.74, 6) is 0.374. The minimum absolute atomic E-state index is 0.0696. The monoisotopic (exact) mass is 490 g/mol. The molecule has 1 amide bonds. The molecule has 6 nitrogen and oxygen atoms in total. The Morgan fingerprint density at radius 2 is 1.86 bits per heavy atom. The second kappa shape index (κ2) is 10.00. The molecule has 5 rings (SSSR count). The molecule has 4 aromatic rings. The summed E-state index contributed by atoms with van der Waals surface area (Å²) in [4.78, 5) is 35.1. The van der Waals surface area contributed by atoms with Crippen molar-refractivity contribution in [1.82, 2.24) is 15.3 Å². The zero-order valence-electron chi connectivity index (χ0n) is 19.5. The van der Waals surface area contributed by atoms with Gasteiger partial charge >= 0.3 is 0 Å². The molecule has 0 radical (unpaired) electrons. The number of halogens is 1. The molecule has 1 aliphatic rings. The first kappa shape index (κ1) is 23.2. The van der Waals surface area contributed by atoms with E-state index in [1.54, 1.807) is 23.6 Å². The van der Waals surface area contributed by atoms with Crippen LogP contribution in [0, 0.1) is 11.7 Å². The number of benzene rings is 2. The van der Waals surface area contributed by atoms with E-state index in [4.69, 9.17) is 4.98 Å². The summed E-state index contributed by atoms with van der Waals surface area (Å²) in [6.45, 7) is 3.93. The van der Waals surface area contributed by atoms with Crippen molar-refractivity contribution in [2.24, 2.45) is 5.92 Å². The van der Waals surface area contributed by atoms with Crippen molar-refractivity contribution in [3.63, 3.8) is 0 Å². The van der Waals surface area contributed by atoms with Gasteiger partial charge in [-0.2, -0.15) is 0 Å². The van der Waals surface area contributed by atoms with Gasteiger partial charge in [-0.3, -0.25) is 14.6 Å². The molecule has 35 heavy (non-hydrogen) atoms. The van der Waals surface area contributed by atoms with Gasteiger partial charge in [0.1, 0.15) is 10.5 Å². The van der Waals surface area contributed by atoms with E-state index >= 15 is 0 Å². The fourth-order valence-electron chi connectivity index (χ4n) is 4.59. The lowest BCUT2D eigenvalue weighted by molar-refractivity contribution is -0.125. The molecule has 3 heterocycles. The van der Waals surface area contributed by atoms with Crippen LogP contribution in [0.15, 0.2) is 64.8 Å². The van der Waals surface area contributed by atoms with Crippen LogP contribution in [0.2, 0.25) is 0 Å². The van der Waals surface area contributed by atoms with E-state index in [9.17, 15) is 14.0 Å². The van der Waals surface area contributed by atoms with Crippen molar-refractivity contribution in [3.05, 3.63) is 81.7 Å². The van der Waals surface area contributed by atoms with Gasteiger partial charge in [-0.15, -0.1) is 11.3 Å². The number of carbonyl (C=O) groups excluding carboxylic acids is 1. The average Bonchev–Trinajstić information content (AvgIpc) is 3.32. The van der Waals surface area contributed by atoms with Gasteiger partial charge in [0.25, 0.3) is 5.56 Å². The van der Waals surface area contributed by atoms with Crippen LogP contribution >= 0.6 is 11.3 Å². The Kier molecular flexibility index (Phi) is 6.63. The highest BCUT2D eigenvalue weighted by atomic mass is 32.1. The Balaban J connectivity index is 1.26. The van der Waals surface area contributed by atoms with Crippen LogP contribution < -0.4 is 15.8 Å². The molecule has 0 saturated carbocycles. The molecule has 1 fully saturated rings. The van der Waals surface area contributed by atoms with Crippen LogP contribution in [0.5, 0.6) is 0 Å². The largest absolute Gasteiger partial charge is 0.355 e. The molecule has 1 aliphatic heterocycles. The van der Waals surface area contributed by atoms with E-state index in [1.807, 2.05) is 23.1 Å². The third kappa shape index (κ3) is 4.84. The molecule has 0 spiro atoms. The van der Waals surface area contributed by atoms with Crippen LogP contribution in [0.1, 0.15) is 31.2 Å². The highest BCUT2D eigenvalue weighted by molar-refractivity contribution is 7.17. The molecule has 2 N–H and O–H groups in total. The van der Waals surface area contributed by atoms with Crippen molar-refractivity contribution >= 4 is 33.4 Å². The third-order valence-electron chi connectivity index (χ3n) is 6.69. The van der Waals surface area contributed by atoms with Crippen LogP contribution in [-0.4, -0.2) is 35.5 Å². The SMILES string of the molecule is CC(CNC(=O)C1CCN(c2nc3c(-c4ccccc4F)csc3c(=O)[nH]2)CC1)c1ccccc1. The van der Waals surface area contributed by atoms with Gasteiger partial charge in [-0.05, 0) is 30.4 Å². The van der Waals surface area contributed by atoms with Crippen molar-refractivity contribution in [1.29, 1.82) is 0 Å². The van der Waals surface area contributed by atoms with Crippen molar-refractivity contribution in [3.8, 4) is 11.1 Å². The number of nitrogens with zero attached hydrogens (tertiary/aromatic N) is 2. The van der Waals surface area contributed by atoms with Gasteiger partial charge in [0, 0.05) is 42.1 Å². The number of rotatable bonds is 6. The fraction of sp³-hybridized carbons (Fsp3) is 0.296. The minimum Gasteiger partial charge on any atom is -0.355 e. The zero-order valence-corrected chi connectivity index (χ0v) is 20.3. The van der Waals surface area contributed by atoms with E-state index in [2.05, 4.69) is 29.4 Å². The maximum atomic E-state index is 14.4. The van der Waals surface area contributed by atoms with Gasteiger partial charge in [0.05, 0.1) is 5.52 Å². The first-order valence-electron chi connectivity index (χ1n) is 11.9. The molecule has 0 aliphatic carbocycles. The van der Waals surface area contributed by atoms with Gasteiger partial charge in [0.15, 0.2) is 0 Å². The van der Waals surface area contributed by atoms with Crippen LogP contribution in [0.25, 0.3) is 21.3 Å². The maximum absolute atomic E-state index is 14.4. The number of amides is 1. The lowest BCUT2D eigenvalue weighted by Gasteiger charge is -2.31. The first-order chi connectivity index (χ1) is 17.0. The van der Waals surface area contributed by atoms with E-state index in [1.165, 1.54) is 23.0 Å². The van der Waals surface area contributed by atoms with Crippen LogP contribution in [-0.2, 0) is 4.79 Å². The molecule has 1 unspecified atom stereocenters.